The van der Waals surface area contributed by atoms with E-state index in [1.54, 1.807) is 17.4 Å². The summed E-state index contributed by atoms with van der Waals surface area (Å²) in [5.74, 6) is 2.43. The molecule has 0 aliphatic heterocycles. The number of hydrogen-bond acceptors (Lipinski definition) is 1. The van der Waals surface area contributed by atoms with Crippen molar-refractivity contribution in [3.8, 4) is 12.3 Å². The Morgan fingerprint density at radius 2 is 2.20 bits per heavy atom. The van der Waals surface area contributed by atoms with Crippen LogP contribution in [0.1, 0.15) is 16.0 Å². The molecule has 15 heavy (non-hydrogen) atoms. The van der Waals surface area contributed by atoms with E-state index in [9.17, 15) is 4.39 Å². The molecule has 0 bridgehead atoms. The van der Waals surface area contributed by atoms with Gasteiger partial charge in [-0.25, -0.2) is 4.39 Å². The van der Waals surface area contributed by atoms with Gasteiger partial charge < -0.3 is 0 Å². The van der Waals surface area contributed by atoms with Gasteiger partial charge in [-0.3, -0.25) is 0 Å². The highest BCUT2D eigenvalue weighted by Crippen LogP contribution is 2.19. The first-order chi connectivity index (χ1) is 7.29. The minimum absolute atomic E-state index is 0.204. The Morgan fingerprint density at radius 1 is 1.33 bits per heavy atom. The molecule has 0 atom stereocenters. The molecule has 0 saturated heterocycles. The van der Waals surface area contributed by atoms with E-state index >= 15 is 0 Å². The second kappa shape index (κ2) is 4.29. The topological polar surface area (TPSA) is 0 Å². The first-order valence-electron chi connectivity index (χ1n) is 4.57. The summed E-state index contributed by atoms with van der Waals surface area (Å²) in [6.07, 6.45) is 6.06. The molecule has 0 spiro atoms. The molecular formula is C13H9FS. The second-order valence-electron chi connectivity index (χ2n) is 3.23. The number of thiophene rings is 1. The predicted molar refractivity (Wildman–Crippen MR) is 61.5 cm³/mol. The molecule has 74 valence electrons. The van der Waals surface area contributed by atoms with Crippen LogP contribution >= 0.6 is 11.3 Å². The van der Waals surface area contributed by atoms with Gasteiger partial charge in [-0.2, -0.15) is 0 Å². The highest BCUT2D eigenvalue weighted by atomic mass is 32.1. The van der Waals surface area contributed by atoms with Gasteiger partial charge in [0.05, 0.1) is 4.88 Å². The molecule has 1 aromatic carbocycles. The Labute approximate surface area is 92.4 Å². The lowest BCUT2D eigenvalue weighted by Crippen LogP contribution is -1.88. The molecular weight excluding hydrogens is 207 g/mol. The molecule has 2 rings (SSSR count). The van der Waals surface area contributed by atoms with Crippen LogP contribution in [-0.2, 0) is 6.42 Å². The van der Waals surface area contributed by atoms with Gasteiger partial charge in [0.15, 0.2) is 0 Å². The van der Waals surface area contributed by atoms with Crippen molar-refractivity contribution in [3.05, 3.63) is 57.5 Å². The van der Waals surface area contributed by atoms with E-state index in [0.717, 1.165) is 16.0 Å². The van der Waals surface area contributed by atoms with Crippen LogP contribution in [0.2, 0.25) is 0 Å². The molecule has 0 aliphatic carbocycles. The largest absolute Gasteiger partial charge is 0.207 e. The number of hydrogen-bond donors (Lipinski definition) is 0. The minimum Gasteiger partial charge on any atom is -0.207 e. The van der Waals surface area contributed by atoms with Gasteiger partial charge in [0.1, 0.15) is 5.82 Å². The number of rotatable bonds is 2. The van der Waals surface area contributed by atoms with Crippen LogP contribution in [0, 0.1) is 18.2 Å². The zero-order valence-corrected chi connectivity index (χ0v) is 8.85. The third kappa shape index (κ3) is 2.26. The first-order valence-corrected chi connectivity index (χ1v) is 5.45. The zero-order valence-electron chi connectivity index (χ0n) is 8.03. The summed E-state index contributed by atoms with van der Waals surface area (Å²) in [6, 6.07) is 8.59. The summed E-state index contributed by atoms with van der Waals surface area (Å²) in [4.78, 5) is 0.930. The lowest BCUT2D eigenvalue weighted by Gasteiger charge is -2.00. The van der Waals surface area contributed by atoms with Gasteiger partial charge in [0.2, 0.25) is 0 Å². The van der Waals surface area contributed by atoms with E-state index in [1.807, 2.05) is 17.5 Å². The molecule has 0 radical (unpaired) electrons. The first kappa shape index (κ1) is 9.95. The fourth-order valence-corrected chi connectivity index (χ4v) is 2.20. The standard InChI is InChI=1S/C13H9FS/c1-2-13-11(6-7-15-13)8-10-4-3-5-12(14)9-10/h1,3-7,9H,8H2. The molecule has 1 aromatic heterocycles. The van der Waals surface area contributed by atoms with Crippen LogP contribution in [-0.4, -0.2) is 0 Å². The van der Waals surface area contributed by atoms with Crippen LogP contribution in [0.15, 0.2) is 35.7 Å². The number of benzene rings is 1. The Kier molecular flexibility index (Phi) is 2.84. The van der Waals surface area contributed by atoms with Crippen LogP contribution in [0.4, 0.5) is 4.39 Å². The van der Waals surface area contributed by atoms with Crippen molar-refractivity contribution < 1.29 is 4.39 Å². The van der Waals surface area contributed by atoms with E-state index < -0.39 is 0 Å². The molecule has 2 heteroatoms. The smallest absolute Gasteiger partial charge is 0.123 e. The molecule has 0 aliphatic rings. The van der Waals surface area contributed by atoms with E-state index in [-0.39, 0.29) is 5.82 Å². The fourth-order valence-electron chi connectivity index (χ4n) is 1.47. The summed E-state index contributed by atoms with van der Waals surface area (Å²) in [6.45, 7) is 0. The molecule has 2 aromatic rings. The van der Waals surface area contributed by atoms with Crippen LogP contribution in [0.5, 0.6) is 0 Å². The van der Waals surface area contributed by atoms with Crippen LogP contribution in [0.25, 0.3) is 0 Å². The summed E-state index contributed by atoms with van der Waals surface area (Å²) in [7, 11) is 0. The van der Waals surface area contributed by atoms with E-state index in [0.29, 0.717) is 6.42 Å². The average Bonchev–Trinajstić information content (AvgIpc) is 2.65. The van der Waals surface area contributed by atoms with Gasteiger partial charge >= 0.3 is 0 Å². The van der Waals surface area contributed by atoms with Gasteiger partial charge in [0.25, 0.3) is 0 Å². The van der Waals surface area contributed by atoms with Crippen molar-refractivity contribution in [1.29, 1.82) is 0 Å². The lowest BCUT2D eigenvalue weighted by molar-refractivity contribution is 0.626. The SMILES string of the molecule is C#Cc1sccc1Cc1cccc(F)c1. The summed E-state index contributed by atoms with van der Waals surface area (Å²) in [5, 5.41) is 1.96. The fraction of sp³-hybridized carbons (Fsp3) is 0.0769. The number of halogens is 1. The Hall–Kier alpha value is -1.59. The molecule has 0 N–H and O–H groups in total. The normalized spacial score (nSPS) is 9.87. The third-order valence-corrected chi connectivity index (χ3v) is 3.05. The van der Waals surface area contributed by atoms with Gasteiger partial charge in [-0.05, 0) is 41.1 Å². The Bertz CT molecular complexity index is 505. The molecule has 1 heterocycles. The Morgan fingerprint density at radius 3 is 2.93 bits per heavy atom. The van der Waals surface area contributed by atoms with E-state index in [4.69, 9.17) is 6.42 Å². The van der Waals surface area contributed by atoms with Crippen molar-refractivity contribution >= 4 is 11.3 Å². The lowest BCUT2D eigenvalue weighted by atomic mass is 10.1. The van der Waals surface area contributed by atoms with E-state index in [2.05, 4.69) is 5.92 Å². The quantitative estimate of drug-likeness (QED) is 0.674. The molecule has 0 nitrogen and oxygen atoms in total. The third-order valence-electron chi connectivity index (χ3n) is 2.16. The van der Waals surface area contributed by atoms with Crippen LogP contribution in [0.3, 0.4) is 0 Å². The molecule has 0 amide bonds. The van der Waals surface area contributed by atoms with Crippen LogP contribution < -0.4 is 0 Å². The monoisotopic (exact) mass is 216 g/mol. The predicted octanol–water partition coefficient (Wildman–Crippen LogP) is 3.46. The highest BCUT2D eigenvalue weighted by molar-refractivity contribution is 7.10. The van der Waals surface area contributed by atoms with Crippen molar-refractivity contribution in [2.24, 2.45) is 0 Å². The Balaban J connectivity index is 2.26. The second-order valence-corrected chi connectivity index (χ2v) is 4.14. The van der Waals surface area contributed by atoms with Crippen molar-refractivity contribution in [1.82, 2.24) is 0 Å². The van der Waals surface area contributed by atoms with Gasteiger partial charge in [-0.1, -0.05) is 18.1 Å². The van der Waals surface area contributed by atoms with Crippen molar-refractivity contribution in [2.75, 3.05) is 0 Å². The maximum Gasteiger partial charge on any atom is 0.123 e. The highest BCUT2D eigenvalue weighted by Gasteiger charge is 2.03. The molecule has 0 unspecified atom stereocenters. The van der Waals surface area contributed by atoms with Crippen molar-refractivity contribution in [3.63, 3.8) is 0 Å². The molecule has 0 saturated carbocycles. The summed E-state index contributed by atoms with van der Waals surface area (Å²) >= 11 is 1.54. The molecule has 0 fully saturated rings. The zero-order chi connectivity index (χ0) is 10.7. The van der Waals surface area contributed by atoms with Gasteiger partial charge in [-0.15, -0.1) is 17.8 Å². The van der Waals surface area contributed by atoms with Gasteiger partial charge in [0, 0.05) is 0 Å². The van der Waals surface area contributed by atoms with Crippen molar-refractivity contribution in [2.45, 2.75) is 6.42 Å². The summed E-state index contributed by atoms with van der Waals surface area (Å²) in [5.41, 5.74) is 2.04. The summed E-state index contributed by atoms with van der Waals surface area (Å²) < 4.78 is 12.9. The maximum absolute atomic E-state index is 12.9. The minimum atomic E-state index is -0.204. The van der Waals surface area contributed by atoms with E-state index in [1.165, 1.54) is 12.1 Å². The average molecular weight is 216 g/mol. The maximum atomic E-state index is 12.9. The number of terminal acetylenes is 1.